The Balaban J connectivity index is 0. The van der Waals surface area contributed by atoms with E-state index < -0.39 is 12.0 Å². The summed E-state index contributed by atoms with van der Waals surface area (Å²) in [6, 6.07) is -0.742. The van der Waals surface area contributed by atoms with Crippen LogP contribution in [0.15, 0.2) is 0 Å². The van der Waals surface area contributed by atoms with Crippen molar-refractivity contribution in [1.29, 1.82) is 0 Å². The quantitative estimate of drug-likeness (QED) is 0.542. The van der Waals surface area contributed by atoms with Crippen LogP contribution in [0, 0.1) is 0 Å². The molecule has 5 nitrogen and oxygen atoms in total. The smallest absolute Gasteiger partial charge is 0.322 e. The summed E-state index contributed by atoms with van der Waals surface area (Å²) in [5, 5.41) is 0. The zero-order valence-electron chi connectivity index (χ0n) is 9.73. The van der Waals surface area contributed by atoms with E-state index in [0.717, 1.165) is 12.8 Å². The van der Waals surface area contributed by atoms with Crippen molar-refractivity contribution in [1.82, 2.24) is 0 Å². The molecule has 0 aromatic rings. The lowest BCUT2D eigenvalue weighted by Crippen LogP contribution is -2.32. The second kappa shape index (κ2) is 10.7. The maximum atomic E-state index is 11.1. The predicted molar refractivity (Wildman–Crippen MR) is 62.3 cm³/mol. The Morgan fingerprint density at radius 1 is 1.38 bits per heavy atom. The van der Waals surface area contributed by atoms with E-state index in [0.29, 0.717) is 6.61 Å². The molecule has 0 radical (unpaired) electrons. The molecular formula is C10H20ClNO4. The van der Waals surface area contributed by atoms with Crippen molar-refractivity contribution < 1.29 is 19.1 Å². The largest absolute Gasteiger partial charge is 0.468 e. The molecular weight excluding hydrogens is 234 g/mol. The van der Waals surface area contributed by atoms with Gasteiger partial charge in [0, 0.05) is 6.42 Å². The van der Waals surface area contributed by atoms with Crippen LogP contribution in [0.25, 0.3) is 0 Å². The topological polar surface area (TPSA) is 78.6 Å². The molecule has 0 spiro atoms. The number of hydrogen-bond donors (Lipinski definition) is 1. The molecule has 0 unspecified atom stereocenters. The Morgan fingerprint density at radius 3 is 2.50 bits per heavy atom. The van der Waals surface area contributed by atoms with Gasteiger partial charge >= 0.3 is 11.9 Å². The Morgan fingerprint density at radius 2 is 2.00 bits per heavy atom. The van der Waals surface area contributed by atoms with Gasteiger partial charge in [0.25, 0.3) is 0 Å². The maximum absolute atomic E-state index is 11.1. The highest BCUT2D eigenvalue weighted by Crippen LogP contribution is 1.99. The molecule has 0 amide bonds. The minimum atomic E-state index is -0.742. The number of carbonyl (C=O) groups excluding carboxylic acids is 2. The Labute approximate surface area is 102 Å². The van der Waals surface area contributed by atoms with Crippen LogP contribution in [0.5, 0.6) is 0 Å². The Bertz CT molecular complexity index is 211. The van der Waals surface area contributed by atoms with Gasteiger partial charge in [-0.1, -0.05) is 13.3 Å². The van der Waals surface area contributed by atoms with E-state index >= 15 is 0 Å². The number of ether oxygens (including phenoxy) is 2. The van der Waals surface area contributed by atoms with Gasteiger partial charge < -0.3 is 15.2 Å². The van der Waals surface area contributed by atoms with E-state index in [4.69, 9.17) is 10.5 Å². The molecule has 96 valence electrons. The lowest BCUT2D eigenvalue weighted by atomic mass is 10.2. The van der Waals surface area contributed by atoms with Crippen LogP contribution in [-0.2, 0) is 19.1 Å². The molecule has 0 fully saturated rings. The van der Waals surface area contributed by atoms with Crippen molar-refractivity contribution in [3.8, 4) is 0 Å². The second-order valence-electron chi connectivity index (χ2n) is 3.24. The third kappa shape index (κ3) is 8.49. The third-order valence-electron chi connectivity index (χ3n) is 1.92. The Hall–Kier alpha value is -0.810. The first-order valence-corrected chi connectivity index (χ1v) is 5.10. The van der Waals surface area contributed by atoms with Gasteiger partial charge in [0.15, 0.2) is 0 Å². The van der Waals surface area contributed by atoms with E-state index in [1.165, 1.54) is 7.11 Å². The first kappa shape index (κ1) is 17.6. The molecule has 0 aromatic heterocycles. The minimum Gasteiger partial charge on any atom is -0.468 e. The predicted octanol–water partition coefficient (Wildman–Crippen LogP) is 1.03. The summed E-state index contributed by atoms with van der Waals surface area (Å²) < 4.78 is 9.33. The van der Waals surface area contributed by atoms with Crippen molar-refractivity contribution in [3.63, 3.8) is 0 Å². The second-order valence-corrected chi connectivity index (χ2v) is 3.24. The van der Waals surface area contributed by atoms with Crippen LogP contribution in [-0.4, -0.2) is 31.7 Å². The van der Waals surface area contributed by atoms with Crippen LogP contribution in [0.4, 0.5) is 0 Å². The summed E-state index contributed by atoms with van der Waals surface area (Å²) in [5.74, 6) is -0.820. The first-order chi connectivity index (χ1) is 7.11. The monoisotopic (exact) mass is 253 g/mol. The lowest BCUT2D eigenvalue weighted by molar-refractivity contribution is -0.145. The molecule has 0 saturated heterocycles. The van der Waals surface area contributed by atoms with Crippen LogP contribution in [0.1, 0.15) is 32.6 Å². The van der Waals surface area contributed by atoms with Gasteiger partial charge in [-0.15, -0.1) is 12.4 Å². The highest BCUT2D eigenvalue weighted by atomic mass is 35.5. The van der Waals surface area contributed by atoms with E-state index in [2.05, 4.69) is 4.74 Å². The molecule has 2 N–H and O–H groups in total. The molecule has 0 saturated carbocycles. The zero-order chi connectivity index (χ0) is 11.7. The number of carbonyl (C=O) groups is 2. The molecule has 6 heteroatoms. The standard InChI is InChI=1S/C10H19NO4.ClH/c1-3-4-7-15-9(12)6-5-8(11)10(13)14-2;/h8H,3-7,11H2,1-2H3;1H/t8-;/m0./s1. The van der Waals surface area contributed by atoms with Crippen molar-refractivity contribution in [2.75, 3.05) is 13.7 Å². The fourth-order valence-electron chi connectivity index (χ4n) is 0.945. The summed E-state index contributed by atoms with van der Waals surface area (Å²) in [5.41, 5.74) is 5.45. The fourth-order valence-corrected chi connectivity index (χ4v) is 0.945. The van der Waals surface area contributed by atoms with Crippen molar-refractivity contribution in [2.45, 2.75) is 38.6 Å². The highest BCUT2D eigenvalue weighted by Gasteiger charge is 2.15. The summed E-state index contributed by atoms with van der Waals surface area (Å²) in [4.78, 5) is 22.0. The summed E-state index contributed by atoms with van der Waals surface area (Å²) in [7, 11) is 1.27. The third-order valence-corrected chi connectivity index (χ3v) is 1.92. The van der Waals surface area contributed by atoms with Crippen LogP contribution in [0.2, 0.25) is 0 Å². The number of nitrogens with two attached hydrogens (primary N) is 1. The number of unbranched alkanes of at least 4 members (excludes halogenated alkanes) is 1. The number of halogens is 1. The lowest BCUT2D eigenvalue weighted by Gasteiger charge is -2.08. The number of hydrogen-bond acceptors (Lipinski definition) is 5. The molecule has 0 aliphatic heterocycles. The number of rotatable bonds is 7. The van der Waals surface area contributed by atoms with Gasteiger partial charge in [-0.05, 0) is 12.8 Å². The van der Waals surface area contributed by atoms with Gasteiger partial charge in [0.05, 0.1) is 13.7 Å². The van der Waals surface area contributed by atoms with E-state index in [-0.39, 0.29) is 31.2 Å². The van der Waals surface area contributed by atoms with E-state index in [9.17, 15) is 9.59 Å². The molecule has 0 heterocycles. The Kier molecular flexibility index (Phi) is 11.8. The molecule has 0 aromatic carbocycles. The van der Waals surface area contributed by atoms with Gasteiger partial charge in [-0.2, -0.15) is 0 Å². The molecule has 0 aliphatic rings. The van der Waals surface area contributed by atoms with Crippen molar-refractivity contribution >= 4 is 24.3 Å². The zero-order valence-corrected chi connectivity index (χ0v) is 10.5. The molecule has 0 aliphatic carbocycles. The molecule has 16 heavy (non-hydrogen) atoms. The molecule has 0 rings (SSSR count). The van der Waals surface area contributed by atoms with E-state index in [1.54, 1.807) is 0 Å². The average Bonchev–Trinajstić information content (AvgIpc) is 2.25. The normalized spacial score (nSPS) is 11.2. The van der Waals surface area contributed by atoms with Gasteiger partial charge in [0.2, 0.25) is 0 Å². The summed E-state index contributed by atoms with van der Waals surface area (Å²) >= 11 is 0. The van der Waals surface area contributed by atoms with Crippen molar-refractivity contribution in [3.05, 3.63) is 0 Å². The van der Waals surface area contributed by atoms with Gasteiger partial charge in [-0.3, -0.25) is 9.59 Å². The molecule has 1 atom stereocenters. The van der Waals surface area contributed by atoms with Crippen molar-refractivity contribution in [2.24, 2.45) is 5.73 Å². The molecule has 0 bridgehead atoms. The van der Waals surface area contributed by atoms with Gasteiger partial charge in [-0.25, -0.2) is 0 Å². The van der Waals surface area contributed by atoms with Gasteiger partial charge in [0.1, 0.15) is 6.04 Å². The van der Waals surface area contributed by atoms with Crippen LogP contribution >= 0.6 is 12.4 Å². The first-order valence-electron chi connectivity index (χ1n) is 5.10. The number of esters is 2. The maximum Gasteiger partial charge on any atom is 0.322 e. The fraction of sp³-hybridized carbons (Fsp3) is 0.800. The van der Waals surface area contributed by atoms with Crippen LogP contribution in [0.3, 0.4) is 0 Å². The van der Waals surface area contributed by atoms with E-state index in [1.807, 2.05) is 6.92 Å². The minimum absolute atomic E-state index is 0. The SMILES string of the molecule is CCCCOC(=O)CC[C@H](N)C(=O)OC.Cl. The average molecular weight is 254 g/mol. The summed E-state index contributed by atoms with van der Waals surface area (Å²) in [6.45, 7) is 2.45. The van der Waals surface area contributed by atoms with Crippen LogP contribution < -0.4 is 5.73 Å². The highest BCUT2D eigenvalue weighted by molar-refractivity contribution is 5.85. The number of methoxy groups -OCH3 is 1. The summed E-state index contributed by atoms with van der Waals surface area (Å²) in [6.07, 6.45) is 2.25.